The largest absolute Gasteiger partial charge is 0.412 e. The molecule has 0 aliphatic rings. The van der Waals surface area contributed by atoms with Gasteiger partial charge < -0.3 is 4.84 Å². The maximum absolute atomic E-state index is 4.90. The molecule has 10 heavy (non-hydrogen) atoms. The average Bonchev–Trinajstić information content (AvgIpc) is 2.05. The molecular weight excluding hydrogens is 126 g/mol. The minimum absolute atomic E-state index is 0.487. The van der Waals surface area contributed by atoms with Gasteiger partial charge in [-0.25, -0.2) is 0 Å². The van der Waals surface area contributed by atoms with Gasteiger partial charge in [0, 0.05) is 5.56 Å². The van der Waals surface area contributed by atoms with E-state index in [0.29, 0.717) is 5.76 Å². The van der Waals surface area contributed by atoms with E-state index in [9.17, 15) is 0 Å². The van der Waals surface area contributed by atoms with Crippen molar-refractivity contribution in [2.24, 2.45) is 5.90 Å². The summed E-state index contributed by atoms with van der Waals surface area (Å²) >= 11 is 0. The van der Waals surface area contributed by atoms with Gasteiger partial charge in [0.25, 0.3) is 0 Å². The number of hydrogen-bond donors (Lipinski definition) is 1. The molecule has 0 heterocycles. The predicted octanol–water partition coefficient (Wildman–Crippen LogP) is 1.55. The van der Waals surface area contributed by atoms with E-state index in [-0.39, 0.29) is 0 Å². The number of benzene rings is 1. The third-order valence-electron chi connectivity index (χ3n) is 1.24. The van der Waals surface area contributed by atoms with E-state index in [0.717, 1.165) is 5.56 Å². The van der Waals surface area contributed by atoms with Crippen molar-refractivity contribution in [3.63, 3.8) is 0 Å². The fourth-order valence-electron chi connectivity index (χ4n) is 0.692. The zero-order valence-electron chi connectivity index (χ0n) is 5.58. The van der Waals surface area contributed by atoms with Gasteiger partial charge in [0.05, 0.1) is 0 Å². The maximum atomic E-state index is 4.90. The summed E-state index contributed by atoms with van der Waals surface area (Å²) in [5.74, 6) is 5.39. The van der Waals surface area contributed by atoms with E-state index in [2.05, 4.69) is 11.4 Å². The number of rotatable bonds is 2. The van der Waals surface area contributed by atoms with Gasteiger partial charge in [-0.1, -0.05) is 36.9 Å². The molecule has 0 spiro atoms. The Morgan fingerprint density at radius 1 is 1.30 bits per heavy atom. The molecule has 0 aliphatic heterocycles. The van der Waals surface area contributed by atoms with Crippen molar-refractivity contribution in [2.75, 3.05) is 0 Å². The molecule has 1 aromatic carbocycles. The summed E-state index contributed by atoms with van der Waals surface area (Å²) in [6, 6.07) is 9.50. The van der Waals surface area contributed by atoms with Crippen molar-refractivity contribution in [1.82, 2.24) is 0 Å². The van der Waals surface area contributed by atoms with E-state index in [4.69, 9.17) is 5.90 Å². The Hall–Kier alpha value is -1.28. The highest BCUT2D eigenvalue weighted by Crippen LogP contribution is 2.09. The standard InChI is InChI=1S/C8H9NO/c1-7(10-9)8-5-3-2-4-6-8/h2-6H,1,9H2. The summed E-state index contributed by atoms with van der Waals surface area (Å²) in [5, 5.41) is 0. The van der Waals surface area contributed by atoms with Crippen LogP contribution in [0.5, 0.6) is 0 Å². The second-order valence-electron chi connectivity index (χ2n) is 1.91. The van der Waals surface area contributed by atoms with Crippen LogP contribution < -0.4 is 5.90 Å². The lowest BCUT2D eigenvalue weighted by molar-refractivity contribution is 0.292. The summed E-state index contributed by atoms with van der Waals surface area (Å²) < 4.78 is 0. The van der Waals surface area contributed by atoms with Gasteiger partial charge in [0.15, 0.2) is 0 Å². The van der Waals surface area contributed by atoms with Crippen molar-refractivity contribution in [3.05, 3.63) is 42.5 Å². The molecule has 2 N–H and O–H groups in total. The Morgan fingerprint density at radius 2 is 1.90 bits per heavy atom. The normalized spacial score (nSPS) is 8.90. The van der Waals surface area contributed by atoms with Crippen LogP contribution in [0.2, 0.25) is 0 Å². The van der Waals surface area contributed by atoms with E-state index in [1.54, 1.807) is 0 Å². The van der Waals surface area contributed by atoms with Crippen LogP contribution in [-0.4, -0.2) is 0 Å². The van der Waals surface area contributed by atoms with Gasteiger partial charge in [-0.15, -0.1) is 0 Å². The first-order valence-corrected chi connectivity index (χ1v) is 2.95. The van der Waals surface area contributed by atoms with Crippen molar-refractivity contribution in [3.8, 4) is 0 Å². The average molecular weight is 135 g/mol. The Kier molecular flexibility index (Phi) is 2.07. The molecule has 0 fully saturated rings. The molecule has 52 valence electrons. The summed E-state index contributed by atoms with van der Waals surface area (Å²) in [6.07, 6.45) is 0. The van der Waals surface area contributed by atoms with Crippen LogP contribution in [0.25, 0.3) is 5.76 Å². The fourth-order valence-corrected chi connectivity index (χ4v) is 0.692. The second kappa shape index (κ2) is 3.03. The van der Waals surface area contributed by atoms with E-state index >= 15 is 0 Å². The van der Waals surface area contributed by atoms with Crippen LogP contribution >= 0.6 is 0 Å². The van der Waals surface area contributed by atoms with Gasteiger partial charge in [-0.2, -0.15) is 5.90 Å². The van der Waals surface area contributed by atoms with Crippen LogP contribution in [0.15, 0.2) is 36.9 Å². The number of nitrogens with two attached hydrogens (primary N) is 1. The van der Waals surface area contributed by atoms with Gasteiger partial charge in [-0.3, -0.25) is 0 Å². The van der Waals surface area contributed by atoms with Crippen LogP contribution in [0, 0.1) is 0 Å². The molecule has 0 aliphatic carbocycles. The molecule has 0 bridgehead atoms. The molecular formula is C8H9NO. The predicted molar refractivity (Wildman–Crippen MR) is 40.7 cm³/mol. The zero-order valence-corrected chi connectivity index (χ0v) is 5.58. The minimum atomic E-state index is 0.487. The highest BCUT2D eigenvalue weighted by molar-refractivity contribution is 5.56. The van der Waals surface area contributed by atoms with Gasteiger partial charge in [0.2, 0.25) is 0 Å². The summed E-state index contributed by atoms with van der Waals surface area (Å²) in [4.78, 5) is 4.44. The Morgan fingerprint density at radius 3 is 2.40 bits per heavy atom. The molecule has 2 heteroatoms. The van der Waals surface area contributed by atoms with Crippen LogP contribution in [0.3, 0.4) is 0 Å². The van der Waals surface area contributed by atoms with Crippen molar-refractivity contribution >= 4 is 5.76 Å². The maximum Gasteiger partial charge on any atom is 0.146 e. The van der Waals surface area contributed by atoms with E-state index in [1.807, 2.05) is 30.3 Å². The van der Waals surface area contributed by atoms with Crippen molar-refractivity contribution in [1.29, 1.82) is 0 Å². The molecule has 0 aromatic heterocycles. The molecule has 0 radical (unpaired) electrons. The molecule has 1 rings (SSSR count). The fraction of sp³-hybridized carbons (Fsp3) is 0. The lowest BCUT2D eigenvalue weighted by Gasteiger charge is -2.00. The lowest BCUT2D eigenvalue weighted by atomic mass is 10.2. The molecule has 0 atom stereocenters. The van der Waals surface area contributed by atoms with E-state index in [1.165, 1.54) is 0 Å². The smallest absolute Gasteiger partial charge is 0.146 e. The van der Waals surface area contributed by atoms with Gasteiger partial charge in [0.1, 0.15) is 5.76 Å². The molecule has 1 aromatic rings. The second-order valence-corrected chi connectivity index (χ2v) is 1.91. The first kappa shape index (κ1) is 6.83. The summed E-state index contributed by atoms with van der Waals surface area (Å²) in [6.45, 7) is 3.60. The monoisotopic (exact) mass is 135 g/mol. The van der Waals surface area contributed by atoms with Gasteiger partial charge in [-0.05, 0) is 0 Å². The first-order chi connectivity index (χ1) is 4.84. The topological polar surface area (TPSA) is 35.2 Å². The van der Waals surface area contributed by atoms with Crippen molar-refractivity contribution < 1.29 is 4.84 Å². The quantitative estimate of drug-likeness (QED) is 0.493. The third kappa shape index (κ3) is 1.36. The van der Waals surface area contributed by atoms with Crippen LogP contribution in [0.4, 0.5) is 0 Å². The molecule has 0 saturated carbocycles. The Bertz CT molecular complexity index is 218. The molecule has 0 saturated heterocycles. The first-order valence-electron chi connectivity index (χ1n) is 2.95. The molecule has 0 amide bonds. The highest BCUT2D eigenvalue weighted by atomic mass is 16.6. The number of hydrogen-bond acceptors (Lipinski definition) is 2. The van der Waals surface area contributed by atoms with Crippen LogP contribution in [-0.2, 0) is 4.84 Å². The SMILES string of the molecule is C=C(ON)c1ccccc1. The van der Waals surface area contributed by atoms with Crippen molar-refractivity contribution in [2.45, 2.75) is 0 Å². The highest BCUT2D eigenvalue weighted by Gasteiger charge is 1.93. The minimum Gasteiger partial charge on any atom is -0.412 e. The lowest BCUT2D eigenvalue weighted by Crippen LogP contribution is -1.96. The van der Waals surface area contributed by atoms with E-state index < -0.39 is 0 Å². The summed E-state index contributed by atoms with van der Waals surface area (Å²) in [5.41, 5.74) is 0.907. The Balaban J connectivity index is 2.85. The Labute approximate surface area is 59.9 Å². The summed E-state index contributed by atoms with van der Waals surface area (Å²) in [7, 11) is 0. The van der Waals surface area contributed by atoms with Crippen LogP contribution in [0.1, 0.15) is 5.56 Å². The molecule has 2 nitrogen and oxygen atoms in total. The third-order valence-corrected chi connectivity index (χ3v) is 1.24. The molecule has 0 unspecified atom stereocenters. The van der Waals surface area contributed by atoms with Gasteiger partial charge >= 0.3 is 0 Å². The zero-order chi connectivity index (χ0) is 7.40.